The number of amides is 1. The highest BCUT2D eigenvalue weighted by Crippen LogP contribution is 2.22. The summed E-state index contributed by atoms with van der Waals surface area (Å²) in [5, 5.41) is 11.7. The number of carbonyl (C=O) groups excluding carboxylic acids is 1. The van der Waals surface area contributed by atoms with Crippen molar-refractivity contribution in [3.63, 3.8) is 0 Å². The predicted octanol–water partition coefficient (Wildman–Crippen LogP) is 4.89. The second-order valence-corrected chi connectivity index (χ2v) is 9.95. The standard InChI is InChI=1S/C24H28FN5OS2/c1-17-6-8-20(9-7-17)27-23-28-30(24(32)33-23)16-29-14-11-19(12-15-29)22(31)26-13-10-18-4-2-3-5-21(18)25/h2-9,19H,10-16H2,1H3,(H,26,31)(H,27,28). The number of hydrogen-bond acceptors (Lipinski definition) is 6. The summed E-state index contributed by atoms with van der Waals surface area (Å²) in [5.74, 6) is -0.178. The Kier molecular flexibility index (Phi) is 7.85. The van der Waals surface area contributed by atoms with Crippen molar-refractivity contribution in [2.24, 2.45) is 5.92 Å². The molecule has 2 heterocycles. The molecule has 2 aromatic carbocycles. The van der Waals surface area contributed by atoms with E-state index in [4.69, 9.17) is 12.2 Å². The quantitative estimate of drug-likeness (QED) is 0.445. The van der Waals surface area contributed by atoms with Gasteiger partial charge in [0.15, 0.2) is 3.95 Å². The number of aromatic nitrogens is 2. The minimum absolute atomic E-state index is 0.0101. The second kappa shape index (κ2) is 11.0. The van der Waals surface area contributed by atoms with Gasteiger partial charge in [-0.1, -0.05) is 47.2 Å². The molecule has 9 heteroatoms. The third-order valence-corrected chi connectivity index (χ3v) is 7.08. The van der Waals surface area contributed by atoms with E-state index in [9.17, 15) is 9.18 Å². The largest absolute Gasteiger partial charge is 0.356 e. The average molecular weight is 486 g/mol. The van der Waals surface area contributed by atoms with E-state index in [1.54, 1.807) is 12.1 Å². The van der Waals surface area contributed by atoms with Gasteiger partial charge in [-0.3, -0.25) is 9.69 Å². The van der Waals surface area contributed by atoms with E-state index in [0.29, 0.717) is 25.2 Å². The van der Waals surface area contributed by atoms with Crippen LogP contribution < -0.4 is 10.6 Å². The lowest BCUT2D eigenvalue weighted by Gasteiger charge is -2.30. The normalized spacial score (nSPS) is 14.8. The third-order valence-electron chi connectivity index (χ3n) is 5.85. The Morgan fingerprint density at radius 2 is 1.91 bits per heavy atom. The number of carbonyl (C=O) groups is 1. The van der Waals surface area contributed by atoms with E-state index in [-0.39, 0.29) is 17.6 Å². The molecule has 0 saturated carbocycles. The van der Waals surface area contributed by atoms with Crippen molar-refractivity contribution >= 4 is 40.3 Å². The maximum Gasteiger partial charge on any atom is 0.223 e. The van der Waals surface area contributed by atoms with Gasteiger partial charge in [0.05, 0.1) is 6.67 Å². The number of benzene rings is 2. The molecule has 2 N–H and O–H groups in total. The molecular formula is C24H28FN5OS2. The zero-order valence-electron chi connectivity index (χ0n) is 18.6. The molecule has 0 spiro atoms. The molecule has 1 aromatic heterocycles. The van der Waals surface area contributed by atoms with E-state index < -0.39 is 0 Å². The zero-order chi connectivity index (χ0) is 23.2. The van der Waals surface area contributed by atoms with Crippen LogP contribution in [0, 0.1) is 22.6 Å². The number of piperidine rings is 1. The summed E-state index contributed by atoms with van der Waals surface area (Å²) in [7, 11) is 0. The van der Waals surface area contributed by atoms with Gasteiger partial charge in [-0.2, -0.15) is 0 Å². The fourth-order valence-corrected chi connectivity index (χ4v) is 4.91. The van der Waals surface area contributed by atoms with E-state index >= 15 is 0 Å². The van der Waals surface area contributed by atoms with Crippen LogP contribution in [-0.4, -0.2) is 40.2 Å². The number of nitrogens with one attached hydrogen (secondary N) is 2. The summed E-state index contributed by atoms with van der Waals surface area (Å²) < 4.78 is 16.3. The van der Waals surface area contributed by atoms with Crippen LogP contribution in [0.3, 0.4) is 0 Å². The van der Waals surface area contributed by atoms with Crippen LogP contribution in [0.5, 0.6) is 0 Å². The second-order valence-electron chi connectivity index (χ2n) is 8.33. The Balaban J connectivity index is 1.22. The van der Waals surface area contributed by atoms with Crippen LogP contribution >= 0.6 is 23.6 Å². The Morgan fingerprint density at radius 3 is 2.64 bits per heavy atom. The van der Waals surface area contributed by atoms with Crippen LogP contribution in [0.1, 0.15) is 24.0 Å². The molecule has 0 bridgehead atoms. The van der Waals surface area contributed by atoms with Crippen molar-refractivity contribution in [1.29, 1.82) is 0 Å². The molecular weight excluding hydrogens is 457 g/mol. The summed E-state index contributed by atoms with van der Waals surface area (Å²) in [6.07, 6.45) is 2.08. The lowest BCUT2D eigenvalue weighted by molar-refractivity contribution is -0.126. The summed E-state index contributed by atoms with van der Waals surface area (Å²) in [6, 6.07) is 14.8. The van der Waals surface area contributed by atoms with Gasteiger partial charge >= 0.3 is 0 Å². The molecule has 4 rings (SSSR count). The van der Waals surface area contributed by atoms with Gasteiger partial charge in [-0.25, -0.2) is 9.07 Å². The molecule has 1 saturated heterocycles. The maximum absolute atomic E-state index is 13.7. The molecule has 0 unspecified atom stereocenters. The highest BCUT2D eigenvalue weighted by molar-refractivity contribution is 7.73. The van der Waals surface area contributed by atoms with E-state index in [1.807, 2.05) is 22.9 Å². The van der Waals surface area contributed by atoms with Crippen LogP contribution in [0.4, 0.5) is 15.2 Å². The molecule has 1 amide bonds. The zero-order valence-corrected chi connectivity index (χ0v) is 20.2. The van der Waals surface area contributed by atoms with Crippen LogP contribution in [0.2, 0.25) is 0 Å². The topological polar surface area (TPSA) is 62.2 Å². The van der Waals surface area contributed by atoms with Gasteiger partial charge in [-0.15, -0.1) is 5.10 Å². The van der Waals surface area contributed by atoms with E-state index in [2.05, 4.69) is 39.7 Å². The minimum atomic E-state index is -0.224. The minimum Gasteiger partial charge on any atom is -0.356 e. The fraction of sp³-hybridized carbons (Fsp3) is 0.375. The molecule has 33 heavy (non-hydrogen) atoms. The smallest absolute Gasteiger partial charge is 0.223 e. The van der Waals surface area contributed by atoms with E-state index in [1.165, 1.54) is 23.0 Å². The number of likely N-dealkylation sites (tertiary alicyclic amines) is 1. The van der Waals surface area contributed by atoms with Gasteiger partial charge in [0.2, 0.25) is 11.0 Å². The van der Waals surface area contributed by atoms with Crippen LogP contribution in [0.15, 0.2) is 48.5 Å². The van der Waals surface area contributed by atoms with Crippen LogP contribution in [0.25, 0.3) is 0 Å². The van der Waals surface area contributed by atoms with Crippen LogP contribution in [-0.2, 0) is 17.9 Å². The van der Waals surface area contributed by atoms with Gasteiger partial charge in [0.1, 0.15) is 5.82 Å². The number of aryl methyl sites for hydroxylation is 1. The molecule has 1 fully saturated rings. The highest BCUT2D eigenvalue weighted by atomic mass is 32.1. The number of hydrogen-bond donors (Lipinski definition) is 2. The molecule has 0 radical (unpaired) electrons. The van der Waals surface area contributed by atoms with Gasteiger partial charge in [0, 0.05) is 31.2 Å². The number of anilines is 2. The fourth-order valence-electron chi connectivity index (χ4n) is 3.90. The van der Waals surface area contributed by atoms with Crippen molar-refractivity contribution in [3.05, 3.63) is 69.4 Å². The summed E-state index contributed by atoms with van der Waals surface area (Å²) in [4.78, 5) is 14.8. The number of rotatable bonds is 8. The van der Waals surface area contributed by atoms with Crippen molar-refractivity contribution in [1.82, 2.24) is 20.0 Å². The Labute approximate surface area is 202 Å². The number of halogens is 1. The average Bonchev–Trinajstić information content (AvgIpc) is 3.15. The molecule has 0 atom stereocenters. The van der Waals surface area contributed by atoms with Crippen molar-refractivity contribution in [2.45, 2.75) is 32.9 Å². The molecule has 1 aliphatic rings. The lowest BCUT2D eigenvalue weighted by Crippen LogP contribution is -2.41. The SMILES string of the molecule is Cc1ccc(Nc2nn(CN3CCC(C(=O)NCCc4ccccc4F)CC3)c(=S)s2)cc1. The Morgan fingerprint density at radius 1 is 1.18 bits per heavy atom. The molecule has 3 aromatic rings. The van der Waals surface area contributed by atoms with Crippen molar-refractivity contribution in [2.75, 3.05) is 25.0 Å². The predicted molar refractivity (Wildman–Crippen MR) is 133 cm³/mol. The molecule has 6 nitrogen and oxygen atoms in total. The molecule has 0 aliphatic carbocycles. The number of nitrogens with zero attached hydrogens (tertiary/aromatic N) is 3. The summed E-state index contributed by atoms with van der Waals surface area (Å²) >= 11 is 6.96. The van der Waals surface area contributed by atoms with Crippen molar-refractivity contribution in [3.8, 4) is 0 Å². The van der Waals surface area contributed by atoms with Crippen molar-refractivity contribution < 1.29 is 9.18 Å². The first-order chi connectivity index (χ1) is 16.0. The Bertz CT molecular complexity index is 1140. The highest BCUT2D eigenvalue weighted by Gasteiger charge is 2.25. The third kappa shape index (κ3) is 6.46. The van der Waals surface area contributed by atoms with Gasteiger partial charge < -0.3 is 10.6 Å². The lowest BCUT2D eigenvalue weighted by atomic mass is 9.96. The summed E-state index contributed by atoms with van der Waals surface area (Å²) in [5.41, 5.74) is 2.82. The Hall–Kier alpha value is -2.62. The first-order valence-electron chi connectivity index (χ1n) is 11.1. The monoisotopic (exact) mass is 485 g/mol. The first-order valence-corrected chi connectivity index (χ1v) is 12.4. The van der Waals surface area contributed by atoms with E-state index in [0.717, 1.165) is 40.7 Å². The molecule has 174 valence electrons. The van der Waals surface area contributed by atoms with Gasteiger partial charge in [0.25, 0.3) is 0 Å². The molecule has 1 aliphatic heterocycles. The summed E-state index contributed by atoms with van der Waals surface area (Å²) in [6.45, 7) is 4.75. The first kappa shape index (κ1) is 23.5. The van der Waals surface area contributed by atoms with Gasteiger partial charge in [-0.05, 0) is 62.2 Å². The maximum atomic E-state index is 13.7.